The number of rotatable bonds is 7. The Bertz CT molecular complexity index is 1330. The molecule has 0 bridgehead atoms. The molecule has 2 fully saturated rings. The van der Waals surface area contributed by atoms with Crippen LogP contribution in [0.2, 0.25) is 5.02 Å². The van der Waals surface area contributed by atoms with E-state index in [0.29, 0.717) is 28.2 Å². The highest BCUT2D eigenvalue weighted by Crippen LogP contribution is 2.46. The van der Waals surface area contributed by atoms with Crippen LogP contribution in [0.25, 0.3) is 0 Å². The van der Waals surface area contributed by atoms with Crippen LogP contribution < -0.4 is 26.2 Å². The van der Waals surface area contributed by atoms with Gasteiger partial charge in [-0.2, -0.15) is 4.98 Å². The molecule has 1 saturated carbocycles. The summed E-state index contributed by atoms with van der Waals surface area (Å²) in [7, 11) is -0.398. The molecule has 7 nitrogen and oxygen atoms in total. The number of aromatic nitrogens is 2. The number of hydrogen-bond acceptors (Lipinski definition) is 7. The van der Waals surface area contributed by atoms with Crippen molar-refractivity contribution < 1.29 is 4.57 Å². The summed E-state index contributed by atoms with van der Waals surface area (Å²) in [6, 6.07) is 14.6. The van der Waals surface area contributed by atoms with E-state index in [2.05, 4.69) is 63.0 Å². The van der Waals surface area contributed by atoms with Gasteiger partial charge in [0.05, 0.1) is 11.9 Å². The highest BCUT2D eigenvalue weighted by atomic mass is 35.5. The first-order chi connectivity index (χ1) is 17.7. The molecule has 2 aromatic carbocycles. The molecular weight excluding hydrogens is 503 g/mol. The van der Waals surface area contributed by atoms with Gasteiger partial charge in [0.2, 0.25) is 5.95 Å². The van der Waals surface area contributed by atoms with E-state index in [1.165, 1.54) is 36.9 Å². The Balaban J connectivity index is 1.27. The molecule has 2 aliphatic rings. The Hall–Kier alpha value is -2.60. The van der Waals surface area contributed by atoms with Gasteiger partial charge in [-0.05, 0) is 88.9 Å². The standard InChI is InChI=1S/C28H36ClN6OP/c1-19-15-21(9-10-24(19)35-17-28(18-35)13-11-20(30-2)12-14-28)32-27-31-16-22(29)26(34-27)33-23-7-5-6-8-25(23)37(3,4)36/h5-10,15-16,20,30H,11-14,17-18H2,1-4H3,(H2,31,32,33,34). The lowest BCUT2D eigenvalue weighted by Gasteiger charge is -2.55. The lowest BCUT2D eigenvalue weighted by molar-refractivity contribution is 0.122. The van der Waals surface area contributed by atoms with Crippen LogP contribution in [0, 0.1) is 12.3 Å². The molecule has 9 heteroatoms. The van der Waals surface area contributed by atoms with E-state index in [9.17, 15) is 4.57 Å². The van der Waals surface area contributed by atoms with Gasteiger partial charge in [-0.1, -0.05) is 23.7 Å². The molecule has 37 heavy (non-hydrogen) atoms. The van der Waals surface area contributed by atoms with Crippen molar-refractivity contribution >= 4 is 52.9 Å². The highest BCUT2D eigenvalue weighted by Gasteiger charge is 2.45. The third-order valence-corrected chi connectivity index (χ3v) is 9.61. The maximum atomic E-state index is 12.7. The Morgan fingerprint density at radius 1 is 1.08 bits per heavy atom. The SMILES string of the molecule is CNC1CCC2(CC1)CN(c1ccc(Nc3ncc(Cl)c(Nc4ccccc4P(C)(C)=O)n3)cc1C)C2. The van der Waals surface area contributed by atoms with Crippen molar-refractivity contribution in [2.24, 2.45) is 5.41 Å². The first kappa shape index (κ1) is 26.0. The van der Waals surface area contributed by atoms with E-state index in [1.54, 1.807) is 19.5 Å². The molecule has 1 aliphatic carbocycles. The lowest BCUT2D eigenvalue weighted by atomic mass is 9.67. The van der Waals surface area contributed by atoms with E-state index in [-0.39, 0.29) is 0 Å². The highest BCUT2D eigenvalue weighted by molar-refractivity contribution is 7.70. The summed E-state index contributed by atoms with van der Waals surface area (Å²) in [4.78, 5) is 11.5. The predicted molar refractivity (Wildman–Crippen MR) is 156 cm³/mol. The summed E-state index contributed by atoms with van der Waals surface area (Å²) >= 11 is 6.40. The van der Waals surface area contributed by atoms with E-state index in [4.69, 9.17) is 11.6 Å². The molecule has 5 rings (SSSR count). The number of aryl methyl sites for hydroxylation is 1. The molecule has 1 aromatic heterocycles. The van der Waals surface area contributed by atoms with Crippen LogP contribution in [0.3, 0.4) is 0 Å². The van der Waals surface area contributed by atoms with Gasteiger partial charge in [-0.3, -0.25) is 0 Å². The number of halogens is 1. The molecule has 2 heterocycles. The zero-order valence-corrected chi connectivity index (χ0v) is 23.7. The van der Waals surface area contributed by atoms with Gasteiger partial charge < -0.3 is 25.4 Å². The molecular formula is C28H36ClN6OP. The van der Waals surface area contributed by atoms with Crippen molar-refractivity contribution in [1.82, 2.24) is 15.3 Å². The minimum Gasteiger partial charge on any atom is -0.370 e. The Morgan fingerprint density at radius 2 is 1.81 bits per heavy atom. The topological polar surface area (TPSA) is 82.2 Å². The zero-order valence-electron chi connectivity index (χ0n) is 22.0. The quantitative estimate of drug-likeness (QED) is 0.312. The summed E-state index contributed by atoms with van der Waals surface area (Å²) < 4.78 is 12.7. The van der Waals surface area contributed by atoms with Gasteiger partial charge in [0.25, 0.3) is 0 Å². The van der Waals surface area contributed by atoms with Crippen molar-refractivity contribution in [2.45, 2.75) is 38.6 Å². The van der Waals surface area contributed by atoms with Crippen LogP contribution in [0.5, 0.6) is 0 Å². The van der Waals surface area contributed by atoms with E-state index >= 15 is 0 Å². The van der Waals surface area contributed by atoms with Gasteiger partial charge in [0, 0.05) is 41.2 Å². The number of hydrogen-bond donors (Lipinski definition) is 3. The maximum absolute atomic E-state index is 12.7. The van der Waals surface area contributed by atoms with Gasteiger partial charge in [-0.15, -0.1) is 0 Å². The fraction of sp³-hybridized carbons (Fsp3) is 0.429. The maximum Gasteiger partial charge on any atom is 0.229 e. The van der Waals surface area contributed by atoms with E-state index in [0.717, 1.165) is 29.8 Å². The first-order valence-electron chi connectivity index (χ1n) is 12.9. The third kappa shape index (κ3) is 5.64. The summed E-state index contributed by atoms with van der Waals surface area (Å²) in [5, 5.41) is 11.2. The lowest BCUT2D eigenvalue weighted by Crippen LogP contribution is -2.59. The molecule has 196 valence electrons. The van der Waals surface area contributed by atoms with Crippen LogP contribution in [-0.2, 0) is 4.57 Å². The molecule has 0 radical (unpaired) electrons. The zero-order chi connectivity index (χ0) is 26.2. The molecule has 1 saturated heterocycles. The summed E-state index contributed by atoms with van der Waals surface area (Å²) in [6.07, 6.45) is 6.77. The number of benzene rings is 2. The average Bonchev–Trinajstić information content (AvgIpc) is 2.85. The van der Waals surface area contributed by atoms with Crippen LogP contribution in [0.15, 0.2) is 48.7 Å². The predicted octanol–water partition coefficient (Wildman–Crippen LogP) is 6.14. The fourth-order valence-electron chi connectivity index (χ4n) is 5.68. The monoisotopic (exact) mass is 538 g/mol. The second-order valence-electron chi connectivity index (χ2n) is 10.9. The van der Waals surface area contributed by atoms with Crippen LogP contribution in [0.4, 0.5) is 28.8 Å². The van der Waals surface area contributed by atoms with E-state index in [1.807, 2.05) is 24.3 Å². The van der Waals surface area contributed by atoms with Crippen LogP contribution in [-0.4, -0.2) is 49.5 Å². The molecule has 0 atom stereocenters. The minimum atomic E-state index is -2.48. The van der Waals surface area contributed by atoms with Gasteiger partial charge >= 0.3 is 0 Å². The first-order valence-corrected chi connectivity index (χ1v) is 15.9. The van der Waals surface area contributed by atoms with Crippen molar-refractivity contribution in [3.05, 3.63) is 59.2 Å². The molecule has 1 spiro atoms. The second-order valence-corrected chi connectivity index (χ2v) is 14.5. The van der Waals surface area contributed by atoms with Crippen molar-refractivity contribution in [3.63, 3.8) is 0 Å². The molecule has 3 N–H and O–H groups in total. The Morgan fingerprint density at radius 3 is 2.49 bits per heavy atom. The number of para-hydroxylation sites is 1. The summed E-state index contributed by atoms with van der Waals surface area (Å²) in [6.45, 7) is 7.96. The number of anilines is 5. The average molecular weight is 539 g/mol. The molecule has 1 aliphatic heterocycles. The number of nitrogens with zero attached hydrogens (tertiary/aromatic N) is 3. The molecule has 3 aromatic rings. The van der Waals surface area contributed by atoms with E-state index < -0.39 is 7.14 Å². The largest absolute Gasteiger partial charge is 0.370 e. The van der Waals surface area contributed by atoms with Crippen molar-refractivity contribution in [3.8, 4) is 0 Å². The van der Waals surface area contributed by atoms with Gasteiger partial charge in [-0.25, -0.2) is 4.98 Å². The van der Waals surface area contributed by atoms with Gasteiger partial charge in [0.15, 0.2) is 5.82 Å². The second kappa shape index (κ2) is 10.3. The smallest absolute Gasteiger partial charge is 0.229 e. The minimum absolute atomic E-state index is 0.393. The van der Waals surface area contributed by atoms with Crippen LogP contribution in [0.1, 0.15) is 31.2 Å². The Kier molecular flexibility index (Phi) is 7.23. The number of nitrogens with one attached hydrogen (secondary N) is 3. The summed E-state index contributed by atoms with van der Waals surface area (Å²) in [5.41, 5.74) is 4.68. The molecule has 0 unspecified atom stereocenters. The fourth-order valence-corrected chi connectivity index (χ4v) is 6.97. The third-order valence-electron chi connectivity index (χ3n) is 7.78. The Labute approximate surface area is 224 Å². The summed E-state index contributed by atoms with van der Waals surface area (Å²) in [5.74, 6) is 0.907. The van der Waals surface area contributed by atoms with Crippen molar-refractivity contribution in [2.75, 3.05) is 49.0 Å². The molecule has 0 amide bonds. The van der Waals surface area contributed by atoms with Crippen LogP contribution >= 0.6 is 18.7 Å². The van der Waals surface area contributed by atoms with Crippen molar-refractivity contribution in [1.29, 1.82) is 0 Å². The normalized spacial score (nSPS) is 17.5. The van der Waals surface area contributed by atoms with Gasteiger partial charge in [0.1, 0.15) is 12.2 Å².